The summed E-state index contributed by atoms with van der Waals surface area (Å²) >= 11 is 5.84. The lowest BCUT2D eigenvalue weighted by molar-refractivity contribution is 0.00858. The van der Waals surface area contributed by atoms with E-state index in [4.69, 9.17) is 16.3 Å². The summed E-state index contributed by atoms with van der Waals surface area (Å²) in [7, 11) is -1.91. The quantitative estimate of drug-likeness (QED) is 0.858. The van der Waals surface area contributed by atoms with Crippen LogP contribution in [0, 0.1) is 0 Å². The molecule has 0 N–H and O–H groups in total. The summed E-state index contributed by atoms with van der Waals surface area (Å²) in [5.74, 6) is 0. The van der Waals surface area contributed by atoms with E-state index < -0.39 is 10.0 Å². The highest BCUT2D eigenvalue weighted by Crippen LogP contribution is 2.21. The predicted octanol–water partition coefficient (Wildman–Crippen LogP) is 2.53. The Balaban J connectivity index is 2.10. The second-order valence-corrected chi connectivity index (χ2v) is 7.21. The van der Waals surface area contributed by atoms with Gasteiger partial charge in [0.2, 0.25) is 10.0 Å². The van der Waals surface area contributed by atoms with Crippen LogP contribution >= 0.6 is 11.6 Å². The van der Waals surface area contributed by atoms with Gasteiger partial charge in [0, 0.05) is 25.2 Å². The largest absolute Gasteiger partial charge is 0.377 e. The lowest BCUT2D eigenvalue weighted by Crippen LogP contribution is -2.37. The van der Waals surface area contributed by atoms with E-state index in [1.807, 2.05) is 0 Å². The smallest absolute Gasteiger partial charge is 0.242 e. The van der Waals surface area contributed by atoms with E-state index in [0.717, 1.165) is 25.9 Å². The molecular formula is C13H18ClNO3S. The van der Waals surface area contributed by atoms with E-state index >= 15 is 0 Å². The summed E-state index contributed by atoms with van der Waals surface area (Å²) < 4.78 is 31.7. The van der Waals surface area contributed by atoms with E-state index in [1.54, 1.807) is 25.2 Å². The first-order chi connectivity index (χ1) is 9.00. The SMILES string of the molecule is CN(CC1CCCCO1)S(=O)(=O)c1cccc(Cl)c1. The molecule has 1 aromatic rings. The van der Waals surface area contributed by atoms with Crippen molar-refractivity contribution in [2.75, 3.05) is 20.2 Å². The molecule has 1 aliphatic heterocycles. The van der Waals surface area contributed by atoms with Gasteiger partial charge in [-0.2, -0.15) is 4.31 Å². The van der Waals surface area contributed by atoms with Crippen molar-refractivity contribution in [2.45, 2.75) is 30.3 Å². The number of hydrogen-bond acceptors (Lipinski definition) is 3. The zero-order chi connectivity index (χ0) is 13.9. The molecular weight excluding hydrogens is 286 g/mol. The highest BCUT2D eigenvalue weighted by molar-refractivity contribution is 7.89. The molecule has 1 fully saturated rings. The van der Waals surface area contributed by atoms with Crippen molar-refractivity contribution < 1.29 is 13.2 Å². The standard InChI is InChI=1S/C13H18ClNO3S/c1-15(10-12-6-2-3-8-18-12)19(16,17)13-7-4-5-11(14)9-13/h4-5,7,9,12H,2-3,6,8,10H2,1H3. The van der Waals surface area contributed by atoms with Gasteiger partial charge in [0.1, 0.15) is 0 Å². The van der Waals surface area contributed by atoms with Crippen molar-refractivity contribution >= 4 is 21.6 Å². The molecule has 19 heavy (non-hydrogen) atoms. The molecule has 1 unspecified atom stereocenters. The van der Waals surface area contributed by atoms with Crippen LogP contribution in [0.15, 0.2) is 29.2 Å². The van der Waals surface area contributed by atoms with Crippen LogP contribution in [-0.4, -0.2) is 39.0 Å². The topological polar surface area (TPSA) is 46.6 Å². The third-order valence-electron chi connectivity index (χ3n) is 3.24. The van der Waals surface area contributed by atoms with E-state index in [2.05, 4.69) is 0 Å². The molecule has 1 heterocycles. The molecule has 0 radical (unpaired) electrons. The van der Waals surface area contributed by atoms with Crippen molar-refractivity contribution in [1.82, 2.24) is 4.31 Å². The molecule has 1 atom stereocenters. The van der Waals surface area contributed by atoms with Crippen LogP contribution in [0.3, 0.4) is 0 Å². The second-order valence-electron chi connectivity index (χ2n) is 4.73. The highest BCUT2D eigenvalue weighted by Gasteiger charge is 2.25. The first-order valence-electron chi connectivity index (χ1n) is 6.33. The third-order valence-corrected chi connectivity index (χ3v) is 5.29. The number of sulfonamides is 1. The number of nitrogens with zero attached hydrogens (tertiary/aromatic N) is 1. The monoisotopic (exact) mass is 303 g/mol. The third kappa shape index (κ3) is 3.69. The first-order valence-corrected chi connectivity index (χ1v) is 8.15. The fourth-order valence-electron chi connectivity index (χ4n) is 2.14. The van der Waals surface area contributed by atoms with Crippen LogP contribution < -0.4 is 0 Å². The molecule has 0 aliphatic carbocycles. The fraction of sp³-hybridized carbons (Fsp3) is 0.538. The van der Waals surface area contributed by atoms with Gasteiger partial charge in [0.15, 0.2) is 0 Å². The van der Waals surface area contributed by atoms with Gasteiger partial charge in [-0.1, -0.05) is 17.7 Å². The molecule has 1 saturated heterocycles. The number of rotatable bonds is 4. The van der Waals surface area contributed by atoms with Crippen molar-refractivity contribution in [3.63, 3.8) is 0 Å². The maximum atomic E-state index is 12.4. The molecule has 0 spiro atoms. The van der Waals surface area contributed by atoms with Gasteiger partial charge in [-0.25, -0.2) is 8.42 Å². The maximum absolute atomic E-state index is 12.4. The van der Waals surface area contributed by atoms with Gasteiger partial charge < -0.3 is 4.74 Å². The zero-order valence-electron chi connectivity index (χ0n) is 10.9. The van der Waals surface area contributed by atoms with Crippen molar-refractivity contribution in [3.05, 3.63) is 29.3 Å². The number of benzene rings is 1. The van der Waals surface area contributed by atoms with Gasteiger partial charge in [-0.05, 0) is 37.5 Å². The Morgan fingerprint density at radius 3 is 2.84 bits per heavy atom. The van der Waals surface area contributed by atoms with Crippen LogP contribution in [0.1, 0.15) is 19.3 Å². The Morgan fingerprint density at radius 1 is 1.42 bits per heavy atom. The van der Waals surface area contributed by atoms with Gasteiger partial charge in [0.05, 0.1) is 11.0 Å². The molecule has 4 nitrogen and oxygen atoms in total. The number of hydrogen-bond donors (Lipinski definition) is 0. The molecule has 0 amide bonds. The Hall–Kier alpha value is -0.620. The van der Waals surface area contributed by atoms with Crippen molar-refractivity contribution in [3.8, 4) is 0 Å². The summed E-state index contributed by atoms with van der Waals surface area (Å²) in [5, 5.41) is 0.420. The van der Waals surface area contributed by atoms with Crippen molar-refractivity contribution in [2.24, 2.45) is 0 Å². The molecule has 1 aromatic carbocycles. The Labute approximate surface area is 119 Å². The maximum Gasteiger partial charge on any atom is 0.242 e. The molecule has 0 saturated carbocycles. The van der Waals surface area contributed by atoms with E-state index in [1.165, 1.54) is 10.4 Å². The minimum absolute atomic E-state index is 0.00675. The summed E-state index contributed by atoms with van der Waals surface area (Å²) in [6, 6.07) is 6.32. The number of likely N-dealkylation sites (N-methyl/N-ethyl adjacent to an activating group) is 1. The van der Waals surface area contributed by atoms with E-state index in [0.29, 0.717) is 11.6 Å². The molecule has 0 bridgehead atoms. The fourth-order valence-corrected chi connectivity index (χ4v) is 3.65. The summed E-state index contributed by atoms with van der Waals surface area (Å²) in [5.41, 5.74) is 0. The first kappa shape index (κ1) is 14.8. The van der Waals surface area contributed by atoms with Crippen molar-refractivity contribution in [1.29, 1.82) is 0 Å². The molecule has 106 valence electrons. The average Bonchev–Trinajstić information content (AvgIpc) is 2.40. The van der Waals surface area contributed by atoms with Gasteiger partial charge in [0.25, 0.3) is 0 Å². The summed E-state index contributed by atoms with van der Waals surface area (Å²) in [6.45, 7) is 1.10. The highest BCUT2D eigenvalue weighted by atomic mass is 35.5. The van der Waals surface area contributed by atoms with Gasteiger partial charge in [-0.15, -0.1) is 0 Å². The van der Waals surface area contributed by atoms with E-state index in [-0.39, 0.29) is 11.0 Å². The minimum atomic E-state index is -3.49. The van der Waals surface area contributed by atoms with Crippen LogP contribution in [0.4, 0.5) is 0 Å². The number of halogens is 1. The molecule has 2 rings (SSSR count). The second kappa shape index (κ2) is 6.22. The van der Waals surface area contributed by atoms with E-state index in [9.17, 15) is 8.42 Å². The van der Waals surface area contributed by atoms with Crippen LogP contribution in [0.2, 0.25) is 5.02 Å². The Morgan fingerprint density at radius 2 is 2.21 bits per heavy atom. The lowest BCUT2D eigenvalue weighted by atomic mass is 10.1. The molecule has 0 aromatic heterocycles. The van der Waals surface area contributed by atoms with Gasteiger partial charge >= 0.3 is 0 Å². The molecule has 6 heteroatoms. The lowest BCUT2D eigenvalue weighted by Gasteiger charge is -2.27. The van der Waals surface area contributed by atoms with Crippen LogP contribution in [-0.2, 0) is 14.8 Å². The predicted molar refractivity (Wildman–Crippen MR) is 74.9 cm³/mol. The van der Waals surface area contributed by atoms with Gasteiger partial charge in [-0.3, -0.25) is 0 Å². The molecule has 1 aliphatic rings. The number of ether oxygens (including phenoxy) is 1. The minimum Gasteiger partial charge on any atom is -0.377 e. The summed E-state index contributed by atoms with van der Waals surface area (Å²) in [4.78, 5) is 0.221. The van der Waals surface area contributed by atoms with Crippen LogP contribution in [0.5, 0.6) is 0 Å². The zero-order valence-corrected chi connectivity index (χ0v) is 12.5. The van der Waals surface area contributed by atoms with Crippen LogP contribution in [0.25, 0.3) is 0 Å². The summed E-state index contributed by atoms with van der Waals surface area (Å²) in [6.07, 6.45) is 3.06. The Kier molecular flexibility index (Phi) is 4.84. The average molecular weight is 304 g/mol. The normalized spacial score (nSPS) is 20.7. The Bertz CT molecular complexity index is 526.